The largest absolute Gasteiger partial charge is 0.490 e. The third-order valence-corrected chi connectivity index (χ3v) is 3.69. The second-order valence-electron chi connectivity index (χ2n) is 7.19. The van der Waals surface area contributed by atoms with Gasteiger partial charge in [-0.25, -0.2) is 14.0 Å². The molecular formula is C18H24FNO5. The second kappa shape index (κ2) is 7.72. The molecule has 1 atom stereocenters. The lowest BCUT2D eigenvalue weighted by Gasteiger charge is -2.30. The number of carbonyl (C=O) groups excluding carboxylic acids is 1. The molecule has 2 N–H and O–H groups in total. The minimum absolute atomic E-state index is 0.0959. The van der Waals surface area contributed by atoms with Gasteiger partial charge in [-0.3, -0.25) is 0 Å². The number of carboxylic acid groups (broad SMARTS) is 1. The van der Waals surface area contributed by atoms with Gasteiger partial charge in [-0.05, 0) is 38.5 Å². The monoisotopic (exact) mass is 353 g/mol. The van der Waals surface area contributed by atoms with Gasteiger partial charge < -0.3 is 19.9 Å². The van der Waals surface area contributed by atoms with E-state index in [1.54, 1.807) is 45.0 Å². The van der Waals surface area contributed by atoms with Gasteiger partial charge in [0.15, 0.2) is 0 Å². The van der Waals surface area contributed by atoms with Crippen LogP contribution in [0.2, 0.25) is 0 Å². The smallest absolute Gasteiger partial charge is 0.408 e. The first-order valence-corrected chi connectivity index (χ1v) is 8.24. The minimum atomic E-state index is -1.14. The molecule has 25 heavy (non-hydrogen) atoms. The van der Waals surface area contributed by atoms with E-state index >= 15 is 0 Å². The Morgan fingerprint density at radius 1 is 1.28 bits per heavy atom. The van der Waals surface area contributed by atoms with Gasteiger partial charge in [0, 0.05) is 19.3 Å². The Hall–Kier alpha value is -2.31. The second-order valence-corrected chi connectivity index (χ2v) is 7.19. The Morgan fingerprint density at radius 2 is 1.88 bits per heavy atom. The van der Waals surface area contributed by atoms with E-state index in [0.717, 1.165) is 5.56 Å². The van der Waals surface area contributed by atoms with Crippen molar-refractivity contribution in [2.45, 2.75) is 64.0 Å². The van der Waals surface area contributed by atoms with E-state index in [4.69, 9.17) is 9.47 Å². The average molecular weight is 353 g/mol. The predicted molar refractivity (Wildman–Crippen MR) is 89.5 cm³/mol. The van der Waals surface area contributed by atoms with Crippen LogP contribution in [0.1, 0.15) is 39.2 Å². The van der Waals surface area contributed by atoms with Crippen molar-refractivity contribution in [3.05, 3.63) is 29.8 Å². The van der Waals surface area contributed by atoms with Crippen LogP contribution in [-0.2, 0) is 16.0 Å². The van der Waals surface area contributed by atoms with Crippen LogP contribution < -0.4 is 10.1 Å². The van der Waals surface area contributed by atoms with Crippen LogP contribution in [0.3, 0.4) is 0 Å². The molecule has 1 fully saturated rings. The SMILES string of the molecule is CC(C)(C)OC(=O)NC(Cc1ccc(OC2CC(F)C2)cc1)C(=O)O. The molecule has 2 rings (SSSR count). The lowest BCUT2D eigenvalue weighted by Crippen LogP contribution is -2.44. The van der Waals surface area contributed by atoms with Gasteiger partial charge in [-0.1, -0.05) is 12.1 Å². The van der Waals surface area contributed by atoms with Crippen LogP contribution in [0.4, 0.5) is 9.18 Å². The van der Waals surface area contributed by atoms with Gasteiger partial charge in [-0.2, -0.15) is 0 Å². The molecule has 1 saturated carbocycles. The molecule has 0 saturated heterocycles. The molecule has 1 unspecified atom stereocenters. The molecule has 1 aliphatic carbocycles. The van der Waals surface area contributed by atoms with Gasteiger partial charge in [-0.15, -0.1) is 0 Å². The minimum Gasteiger partial charge on any atom is -0.490 e. The van der Waals surface area contributed by atoms with Crippen molar-refractivity contribution < 1.29 is 28.6 Å². The number of benzene rings is 1. The number of alkyl halides is 1. The van der Waals surface area contributed by atoms with Crippen LogP contribution in [0.15, 0.2) is 24.3 Å². The molecule has 1 aromatic carbocycles. The molecule has 7 heteroatoms. The summed E-state index contributed by atoms with van der Waals surface area (Å²) in [5, 5.41) is 11.6. The number of amides is 1. The summed E-state index contributed by atoms with van der Waals surface area (Å²) in [7, 11) is 0. The lowest BCUT2D eigenvalue weighted by molar-refractivity contribution is -0.139. The summed E-state index contributed by atoms with van der Waals surface area (Å²) in [6.45, 7) is 5.11. The number of hydrogen-bond acceptors (Lipinski definition) is 4. The number of carbonyl (C=O) groups is 2. The van der Waals surface area contributed by atoms with E-state index in [-0.39, 0.29) is 12.5 Å². The summed E-state index contributed by atoms with van der Waals surface area (Å²) in [4.78, 5) is 23.1. The Morgan fingerprint density at radius 3 is 2.36 bits per heavy atom. The maximum atomic E-state index is 12.8. The molecule has 0 bridgehead atoms. The molecule has 0 spiro atoms. The molecule has 0 radical (unpaired) electrons. The fraction of sp³-hybridized carbons (Fsp3) is 0.556. The van der Waals surface area contributed by atoms with E-state index < -0.39 is 29.9 Å². The van der Waals surface area contributed by atoms with Gasteiger partial charge in [0.25, 0.3) is 0 Å². The highest BCUT2D eigenvalue weighted by atomic mass is 19.1. The van der Waals surface area contributed by atoms with Gasteiger partial charge in [0.1, 0.15) is 29.7 Å². The predicted octanol–water partition coefficient (Wildman–Crippen LogP) is 3.09. The van der Waals surface area contributed by atoms with E-state index in [9.17, 15) is 19.1 Å². The summed E-state index contributed by atoms with van der Waals surface area (Å²) in [5.41, 5.74) is 0.0273. The number of carboxylic acids is 1. The quantitative estimate of drug-likeness (QED) is 0.821. The molecule has 0 aliphatic heterocycles. The van der Waals surface area contributed by atoms with Crippen molar-refractivity contribution in [2.24, 2.45) is 0 Å². The third-order valence-electron chi connectivity index (χ3n) is 3.69. The molecule has 1 amide bonds. The van der Waals surface area contributed by atoms with Crippen LogP contribution in [-0.4, -0.2) is 41.1 Å². The molecule has 1 aromatic rings. The summed E-state index contributed by atoms with van der Waals surface area (Å²) < 4.78 is 23.5. The van der Waals surface area contributed by atoms with Crippen LogP contribution in [0.5, 0.6) is 5.75 Å². The van der Waals surface area contributed by atoms with Gasteiger partial charge in [0.05, 0.1) is 0 Å². The zero-order chi connectivity index (χ0) is 18.6. The first-order chi connectivity index (χ1) is 11.6. The fourth-order valence-corrected chi connectivity index (χ4v) is 2.38. The molecule has 1 aliphatic rings. The highest BCUT2D eigenvalue weighted by Crippen LogP contribution is 2.28. The molecular weight excluding hydrogens is 329 g/mol. The van der Waals surface area contributed by atoms with Crippen molar-refractivity contribution in [1.29, 1.82) is 0 Å². The van der Waals surface area contributed by atoms with E-state index in [0.29, 0.717) is 18.6 Å². The number of hydrogen-bond donors (Lipinski definition) is 2. The Labute approximate surface area is 146 Å². The van der Waals surface area contributed by atoms with Crippen molar-refractivity contribution >= 4 is 12.1 Å². The van der Waals surface area contributed by atoms with Gasteiger partial charge in [0.2, 0.25) is 0 Å². The van der Waals surface area contributed by atoms with E-state index in [1.807, 2.05) is 0 Å². The molecule has 0 heterocycles. The highest BCUT2D eigenvalue weighted by Gasteiger charge is 2.30. The fourth-order valence-electron chi connectivity index (χ4n) is 2.38. The summed E-state index contributed by atoms with van der Waals surface area (Å²) in [5.74, 6) is -0.526. The number of aliphatic carboxylic acids is 1. The number of rotatable bonds is 6. The Kier molecular flexibility index (Phi) is 5.87. The number of halogens is 1. The van der Waals surface area contributed by atoms with E-state index in [1.165, 1.54) is 0 Å². The topological polar surface area (TPSA) is 84.9 Å². The van der Waals surface area contributed by atoms with Crippen LogP contribution in [0, 0.1) is 0 Å². The summed E-state index contributed by atoms with van der Waals surface area (Å²) >= 11 is 0. The normalized spacial score (nSPS) is 21.0. The third kappa shape index (κ3) is 6.25. The maximum Gasteiger partial charge on any atom is 0.408 e. The number of alkyl carbamates (subject to hydrolysis) is 1. The van der Waals surface area contributed by atoms with Gasteiger partial charge >= 0.3 is 12.1 Å². The average Bonchev–Trinajstić information content (AvgIpc) is 2.44. The first-order valence-electron chi connectivity index (χ1n) is 8.24. The summed E-state index contributed by atoms with van der Waals surface area (Å²) in [6, 6.07) is 5.79. The first kappa shape index (κ1) is 19.0. The van der Waals surface area contributed by atoms with Crippen molar-refractivity contribution in [3.8, 4) is 5.75 Å². The zero-order valence-electron chi connectivity index (χ0n) is 14.6. The van der Waals surface area contributed by atoms with E-state index in [2.05, 4.69) is 5.32 Å². The van der Waals surface area contributed by atoms with Crippen LogP contribution in [0.25, 0.3) is 0 Å². The standard InChI is InChI=1S/C18H24FNO5/c1-18(2,3)25-17(23)20-15(16(21)22)8-11-4-6-13(7-5-11)24-14-9-12(19)10-14/h4-7,12,14-15H,8-10H2,1-3H3,(H,20,23)(H,21,22). The molecule has 138 valence electrons. The van der Waals surface area contributed by atoms with Crippen molar-refractivity contribution in [1.82, 2.24) is 5.32 Å². The number of ether oxygens (including phenoxy) is 2. The lowest BCUT2D eigenvalue weighted by atomic mass is 9.93. The van der Waals surface area contributed by atoms with Crippen molar-refractivity contribution in [3.63, 3.8) is 0 Å². The highest BCUT2D eigenvalue weighted by molar-refractivity contribution is 5.80. The maximum absolute atomic E-state index is 12.8. The number of nitrogens with one attached hydrogen (secondary N) is 1. The Balaban J connectivity index is 1.90. The molecule has 0 aromatic heterocycles. The molecule has 6 nitrogen and oxygen atoms in total. The Bertz CT molecular complexity index is 605. The summed E-state index contributed by atoms with van der Waals surface area (Å²) in [6.07, 6.45) is -0.720. The van der Waals surface area contributed by atoms with Crippen LogP contribution >= 0.6 is 0 Å². The van der Waals surface area contributed by atoms with Crippen molar-refractivity contribution in [2.75, 3.05) is 0 Å². The zero-order valence-corrected chi connectivity index (χ0v) is 14.6.